The zero-order valence-corrected chi connectivity index (χ0v) is 42.1. The van der Waals surface area contributed by atoms with Crippen molar-refractivity contribution in [3.8, 4) is 34.3 Å². The zero-order chi connectivity index (χ0) is 54.2. The van der Waals surface area contributed by atoms with E-state index in [1.165, 1.54) is 38.3 Å². The molecule has 2 aliphatic heterocycles. The molecule has 3 aromatic rings. The molecule has 0 bridgehead atoms. The highest BCUT2D eigenvalue weighted by Crippen LogP contribution is 2.43. The molecule has 2 aliphatic rings. The third-order valence-electron chi connectivity index (χ3n) is 11.0. The Bertz CT molecular complexity index is 2630. The number of rotatable bonds is 18. The van der Waals surface area contributed by atoms with Crippen molar-refractivity contribution in [3.63, 3.8) is 0 Å². The summed E-state index contributed by atoms with van der Waals surface area (Å²) in [5.41, 5.74) is -2.54. The van der Waals surface area contributed by atoms with Crippen molar-refractivity contribution in [2.24, 2.45) is 0 Å². The molecule has 1 aromatic heterocycles. The van der Waals surface area contributed by atoms with E-state index in [-0.39, 0.29) is 41.1 Å². The zero-order valence-electron chi connectivity index (χ0n) is 42.1. The van der Waals surface area contributed by atoms with Gasteiger partial charge in [-0.1, -0.05) is 0 Å². The number of fused-ring (bicyclic) bond motifs is 1. The van der Waals surface area contributed by atoms with Crippen molar-refractivity contribution in [3.05, 3.63) is 46.1 Å². The van der Waals surface area contributed by atoms with Gasteiger partial charge in [-0.25, -0.2) is 0 Å². The molecule has 0 radical (unpaired) electrons. The molecule has 0 amide bonds. The molecule has 73 heavy (non-hydrogen) atoms. The third kappa shape index (κ3) is 14.4. The van der Waals surface area contributed by atoms with Gasteiger partial charge in [0.1, 0.15) is 40.9 Å². The molecule has 2 aromatic carbocycles. The Kier molecular flexibility index (Phi) is 18.6. The maximum absolute atomic E-state index is 15.0. The van der Waals surface area contributed by atoms with Crippen LogP contribution < -0.4 is 19.6 Å². The van der Waals surface area contributed by atoms with Crippen LogP contribution in [0.1, 0.15) is 88.1 Å². The molecule has 24 heteroatoms. The predicted octanol–water partition coefficient (Wildman–Crippen LogP) is 3.83. The minimum absolute atomic E-state index is 0.0269. The highest BCUT2D eigenvalue weighted by molar-refractivity contribution is 5.92. The van der Waals surface area contributed by atoms with Gasteiger partial charge in [-0.15, -0.1) is 0 Å². The van der Waals surface area contributed by atoms with Gasteiger partial charge in [0.05, 0.1) is 18.8 Å². The van der Waals surface area contributed by atoms with Crippen LogP contribution in [-0.4, -0.2) is 134 Å². The van der Waals surface area contributed by atoms with Gasteiger partial charge >= 0.3 is 47.8 Å². The summed E-state index contributed by atoms with van der Waals surface area (Å²) < 4.78 is 80.7. The Hall–Kier alpha value is -7.31. The minimum Gasteiger partial charge on any atom is -0.507 e. The Morgan fingerprint density at radius 3 is 1.67 bits per heavy atom. The van der Waals surface area contributed by atoms with E-state index in [4.69, 9.17) is 66.0 Å². The maximum Gasteiger partial charge on any atom is 0.308 e. The van der Waals surface area contributed by atoms with E-state index in [1.807, 2.05) is 0 Å². The highest BCUT2D eigenvalue weighted by Gasteiger charge is 2.55. The van der Waals surface area contributed by atoms with Gasteiger partial charge < -0.3 is 71.1 Å². The molecular weight excluding hydrogens is 973 g/mol. The predicted molar refractivity (Wildman–Crippen MR) is 245 cm³/mol. The first-order chi connectivity index (χ1) is 34.2. The van der Waals surface area contributed by atoms with Gasteiger partial charge in [-0.2, -0.15) is 0 Å². The Labute approximate surface area is 417 Å². The van der Waals surface area contributed by atoms with Crippen LogP contribution in [0.5, 0.6) is 23.0 Å². The SMILES string of the molecule is COc1ccc(-c2oc3c(CCC(C)(C)O[C@@H]4O[C@H](COC(C)=O)C(OC(C)=O)[C@H](OC(C)=O)C4OC(C)=O)c(OC(C)=O)cc(O)c3c(=O)c2O[C@@H]2OC(C)[C@H](OC(C)=O)C(OC(C)=O)C2OC(C)=O)cc1. The normalized spacial score (nSPS) is 23.7. The average Bonchev–Trinajstić information content (AvgIpc) is 3.26. The Morgan fingerprint density at radius 2 is 1.15 bits per heavy atom. The van der Waals surface area contributed by atoms with Crippen LogP contribution >= 0.6 is 0 Å². The van der Waals surface area contributed by atoms with E-state index in [0.29, 0.717) is 5.75 Å². The summed E-state index contributed by atoms with van der Waals surface area (Å²) in [6, 6.07) is 7.07. The Morgan fingerprint density at radius 1 is 0.644 bits per heavy atom. The van der Waals surface area contributed by atoms with E-state index >= 15 is 4.79 Å². The number of methoxy groups -OCH3 is 1. The molecule has 0 spiro atoms. The first-order valence-electron chi connectivity index (χ1n) is 22.7. The van der Waals surface area contributed by atoms with Gasteiger partial charge in [0.25, 0.3) is 0 Å². The lowest BCUT2D eigenvalue weighted by Crippen LogP contribution is -2.63. The lowest BCUT2D eigenvalue weighted by molar-refractivity contribution is -0.327. The van der Waals surface area contributed by atoms with Crippen LogP contribution in [-0.2, 0) is 92.1 Å². The number of carbonyl (C=O) groups excluding carboxylic acids is 8. The van der Waals surface area contributed by atoms with Crippen molar-refractivity contribution in [1.29, 1.82) is 0 Å². The number of aryl methyl sites for hydroxylation is 1. The second kappa shape index (κ2) is 23.9. The second-order valence-corrected chi connectivity index (χ2v) is 17.5. The first kappa shape index (κ1) is 56.6. The summed E-state index contributed by atoms with van der Waals surface area (Å²) in [7, 11) is 1.42. The fourth-order valence-electron chi connectivity index (χ4n) is 8.15. The van der Waals surface area contributed by atoms with Gasteiger partial charge in [0.15, 0.2) is 42.6 Å². The molecule has 2 fully saturated rings. The fraction of sp³-hybridized carbons (Fsp3) is 0.531. The summed E-state index contributed by atoms with van der Waals surface area (Å²) in [6.07, 6.45) is -15.3. The molecule has 1 N–H and O–H groups in total. The summed E-state index contributed by atoms with van der Waals surface area (Å²) >= 11 is 0. The van der Waals surface area contributed by atoms with Gasteiger partial charge in [-0.3, -0.25) is 43.2 Å². The molecular formula is C49H58O24. The molecule has 24 nitrogen and oxygen atoms in total. The van der Waals surface area contributed by atoms with Gasteiger partial charge in [0.2, 0.25) is 23.6 Å². The lowest BCUT2D eigenvalue weighted by Gasteiger charge is -2.46. The van der Waals surface area contributed by atoms with Gasteiger partial charge in [0, 0.05) is 72.6 Å². The van der Waals surface area contributed by atoms with Crippen molar-refractivity contribution in [1.82, 2.24) is 0 Å². The third-order valence-corrected chi connectivity index (χ3v) is 11.0. The summed E-state index contributed by atoms with van der Waals surface area (Å²) in [5, 5.41) is 11.1. The number of benzene rings is 2. The Balaban J connectivity index is 1.66. The number of phenols is 1. The molecule has 0 saturated carbocycles. The number of hydrogen-bond donors (Lipinski definition) is 1. The largest absolute Gasteiger partial charge is 0.507 e. The molecule has 5 rings (SSSR count). The summed E-state index contributed by atoms with van der Waals surface area (Å²) in [6.45, 7) is 12.7. The van der Waals surface area contributed by atoms with Crippen LogP contribution in [0.25, 0.3) is 22.3 Å². The van der Waals surface area contributed by atoms with Gasteiger partial charge in [-0.05, 0) is 57.9 Å². The molecule has 5 unspecified atom stereocenters. The van der Waals surface area contributed by atoms with Crippen LogP contribution in [0.15, 0.2) is 39.5 Å². The second-order valence-electron chi connectivity index (χ2n) is 17.5. The van der Waals surface area contributed by atoms with E-state index < -0.39 is 144 Å². The molecule has 398 valence electrons. The maximum atomic E-state index is 15.0. The first-order valence-corrected chi connectivity index (χ1v) is 22.7. The van der Waals surface area contributed by atoms with Crippen LogP contribution in [0.3, 0.4) is 0 Å². The highest BCUT2D eigenvalue weighted by atomic mass is 16.8. The van der Waals surface area contributed by atoms with Crippen LogP contribution in [0, 0.1) is 0 Å². The van der Waals surface area contributed by atoms with Crippen LogP contribution in [0.2, 0.25) is 0 Å². The molecule has 2 saturated heterocycles. The number of hydrogen-bond acceptors (Lipinski definition) is 24. The lowest BCUT2D eigenvalue weighted by atomic mass is 9.94. The number of phenolic OH excluding ortho intramolecular Hbond substituents is 1. The summed E-state index contributed by atoms with van der Waals surface area (Å²) in [4.78, 5) is 114. The topological polar surface area (TPSA) is 307 Å². The molecule has 0 aliphatic carbocycles. The monoisotopic (exact) mass is 1030 g/mol. The van der Waals surface area contributed by atoms with Crippen LogP contribution in [0.4, 0.5) is 0 Å². The van der Waals surface area contributed by atoms with Crippen molar-refractivity contribution in [2.75, 3.05) is 13.7 Å². The molecule has 3 heterocycles. The number of aromatic hydroxyl groups is 1. The number of ether oxygens (including phenoxy) is 13. The van der Waals surface area contributed by atoms with Crippen molar-refractivity contribution in [2.45, 2.75) is 156 Å². The average molecular weight is 1030 g/mol. The molecule has 10 atom stereocenters. The van der Waals surface area contributed by atoms with Crippen molar-refractivity contribution < 1.29 is 109 Å². The number of esters is 8. The van der Waals surface area contributed by atoms with E-state index in [1.54, 1.807) is 13.8 Å². The number of carbonyl (C=O) groups is 8. The van der Waals surface area contributed by atoms with E-state index in [9.17, 15) is 43.5 Å². The van der Waals surface area contributed by atoms with E-state index in [0.717, 1.165) is 61.5 Å². The van der Waals surface area contributed by atoms with E-state index in [2.05, 4.69) is 0 Å². The summed E-state index contributed by atoms with van der Waals surface area (Å²) in [5.74, 6) is -8.21. The minimum atomic E-state index is -1.77. The fourth-order valence-corrected chi connectivity index (χ4v) is 8.15. The standard InChI is InChI=1S/C49H58O24/c1-21-38(64-24(4)52)43(66-26(6)54)45(68-28(8)56)47(62-21)72-42-37(59)36-33(58)19-34(63-23(3)51)32(40(36)71-39(42)30-13-15-31(60-12)16-14-30)17-18-49(10,11)73-48-46(69-29(9)57)44(67-27(7)55)41(65-25(5)53)35(70-48)20-61-22(2)50/h13-16,19,21,35,38,41,43-48,58H,17-18,20H2,1-12H3/t21?,35-,38+,41?,43?,44+,45?,46?,47+,48+/m1/s1. The van der Waals surface area contributed by atoms with Crippen molar-refractivity contribution >= 4 is 58.7 Å². The quantitative estimate of drug-likeness (QED) is 0.107. The smallest absolute Gasteiger partial charge is 0.308 e.